The lowest BCUT2D eigenvalue weighted by atomic mass is 10.2. The zero-order chi connectivity index (χ0) is 6.62. The molecule has 0 aliphatic carbocycles. The fourth-order valence-electron chi connectivity index (χ4n) is 0.372. The fourth-order valence-corrected chi connectivity index (χ4v) is 0.372. The number of nitrogens with two attached hydrogens (primary N) is 2. The third-order valence-electron chi connectivity index (χ3n) is 0.713. The number of rotatable bonds is 2. The van der Waals surface area contributed by atoms with Gasteiger partial charge in [-0.3, -0.25) is 0 Å². The summed E-state index contributed by atoms with van der Waals surface area (Å²) in [5.74, 6) is 0. The zero-order valence-electron chi connectivity index (χ0n) is 5.52. The van der Waals surface area contributed by atoms with E-state index in [0.29, 0.717) is 0 Å². The topological polar surface area (TPSA) is 52.0 Å². The molecule has 0 rings (SSSR count). The van der Waals surface area contributed by atoms with Crippen LogP contribution in [0.1, 0.15) is 20.3 Å². The highest BCUT2D eigenvalue weighted by Crippen LogP contribution is 1.90. The van der Waals surface area contributed by atoms with E-state index in [0.717, 1.165) is 6.42 Å². The Bertz CT molecular complexity index is 79.0. The summed E-state index contributed by atoms with van der Waals surface area (Å²) >= 11 is 0. The van der Waals surface area contributed by atoms with Crippen molar-refractivity contribution in [2.24, 2.45) is 11.5 Å². The highest BCUT2D eigenvalue weighted by Gasteiger charge is 2.01. The van der Waals surface area contributed by atoms with Crippen LogP contribution in [0.4, 0.5) is 0 Å². The van der Waals surface area contributed by atoms with E-state index in [9.17, 15) is 0 Å². The van der Waals surface area contributed by atoms with Gasteiger partial charge in [0.05, 0.1) is 5.66 Å². The average molecular weight is 114 g/mol. The highest BCUT2D eigenvalue weighted by molar-refractivity contribution is 4.96. The van der Waals surface area contributed by atoms with Crippen LogP contribution >= 0.6 is 0 Å². The summed E-state index contributed by atoms with van der Waals surface area (Å²) in [6.07, 6.45) is 4.75. The second-order valence-electron chi connectivity index (χ2n) is 2.18. The molecule has 0 unspecified atom stereocenters. The number of allylic oxidation sites excluding steroid dienone is 1. The smallest absolute Gasteiger partial charge is 0.0799 e. The molecule has 0 aliphatic heterocycles. The lowest BCUT2D eigenvalue weighted by molar-refractivity contribution is 0.615. The summed E-state index contributed by atoms with van der Waals surface area (Å²) in [6, 6.07) is 0. The third-order valence-corrected chi connectivity index (χ3v) is 0.713. The maximum absolute atomic E-state index is 5.41. The van der Waals surface area contributed by atoms with Crippen LogP contribution in [-0.4, -0.2) is 5.66 Å². The molecule has 0 fully saturated rings. The molecule has 0 amide bonds. The molecule has 0 spiro atoms. The van der Waals surface area contributed by atoms with Crippen molar-refractivity contribution in [3.8, 4) is 0 Å². The Morgan fingerprint density at radius 1 is 1.50 bits per heavy atom. The average Bonchev–Trinajstić information content (AvgIpc) is 1.59. The summed E-state index contributed by atoms with van der Waals surface area (Å²) < 4.78 is 0. The molecule has 0 atom stereocenters. The predicted molar refractivity (Wildman–Crippen MR) is 36.2 cm³/mol. The van der Waals surface area contributed by atoms with Gasteiger partial charge in [0.2, 0.25) is 0 Å². The van der Waals surface area contributed by atoms with Crippen LogP contribution in [-0.2, 0) is 0 Å². The Hall–Kier alpha value is -0.340. The van der Waals surface area contributed by atoms with Crippen LogP contribution in [0.25, 0.3) is 0 Å². The van der Waals surface area contributed by atoms with Gasteiger partial charge in [-0.1, -0.05) is 19.1 Å². The van der Waals surface area contributed by atoms with Crippen LogP contribution in [0.15, 0.2) is 12.2 Å². The molecule has 0 aromatic heterocycles. The minimum absolute atomic E-state index is 0.629. The van der Waals surface area contributed by atoms with Gasteiger partial charge in [0.25, 0.3) is 0 Å². The minimum Gasteiger partial charge on any atom is -0.310 e. The third kappa shape index (κ3) is 5.66. The van der Waals surface area contributed by atoms with E-state index in [1.54, 1.807) is 13.0 Å². The summed E-state index contributed by atoms with van der Waals surface area (Å²) in [7, 11) is 0. The molecule has 48 valence electrons. The van der Waals surface area contributed by atoms with Gasteiger partial charge in [0.1, 0.15) is 0 Å². The van der Waals surface area contributed by atoms with Crippen LogP contribution in [0.3, 0.4) is 0 Å². The lowest BCUT2D eigenvalue weighted by Gasteiger charge is -2.10. The molecule has 0 heterocycles. The van der Waals surface area contributed by atoms with Crippen molar-refractivity contribution in [1.29, 1.82) is 0 Å². The Balaban J connectivity index is 3.52. The second-order valence-corrected chi connectivity index (χ2v) is 2.18. The first-order chi connectivity index (χ1) is 3.56. The summed E-state index contributed by atoms with van der Waals surface area (Å²) in [5, 5.41) is 0. The molecular formula is C6H14N2. The van der Waals surface area contributed by atoms with E-state index in [1.165, 1.54) is 0 Å². The molecule has 0 saturated carbocycles. The number of hydrogen-bond donors (Lipinski definition) is 2. The van der Waals surface area contributed by atoms with Gasteiger partial charge < -0.3 is 11.5 Å². The molecule has 8 heavy (non-hydrogen) atoms. The quantitative estimate of drug-likeness (QED) is 0.407. The SMILES string of the molecule is CC/C=C/C(C)(N)N. The van der Waals surface area contributed by atoms with Gasteiger partial charge in [-0.05, 0) is 13.3 Å². The van der Waals surface area contributed by atoms with Crippen molar-refractivity contribution in [1.82, 2.24) is 0 Å². The first-order valence-electron chi connectivity index (χ1n) is 2.81. The van der Waals surface area contributed by atoms with E-state index in [2.05, 4.69) is 0 Å². The van der Waals surface area contributed by atoms with Crippen molar-refractivity contribution >= 4 is 0 Å². The molecule has 0 aromatic carbocycles. The molecule has 0 aromatic rings. The van der Waals surface area contributed by atoms with Gasteiger partial charge in [0.15, 0.2) is 0 Å². The van der Waals surface area contributed by atoms with Gasteiger partial charge in [-0.25, -0.2) is 0 Å². The molecule has 0 saturated heterocycles. The molecule has 0 bridgehead atoms. The molecule has 0 radical (unpaired) electrons. The van der Waals surface area contributed by atoms with Crippen LogP contribution in [0, 0.1) is 0 Å². The Labute approximate surface area is 50.6 Å². The highest BCUT2D eigenvalue weighted by atomic mass is 14.9. The van der Waals surface area contributed by atoms with E-state index in [1.807, 2.05) is 13.0 Å². The zero-order valence-corrected chi connectivity index (χ0v) is 5.52. The maximum atomic E-state index is 5.41. The summed E-state index contributed by atoms with van der Waals surface area (Å²) in [5.41, 5.74) is 10.2. The molecule has 2 heteroatoms. The maximum Gasteiger partial charge on any atom is 0.0799 e. The van der Waals surface area contributed by atoms with E-state index in [4.69, 9.17) is 11.5 Å². The van der Waals surface area contributed by atoms with Gasteiger partial charge >= 0.3 is 0 Å². The Kier molecular flexibility index (Phi) is 2.72. The van der Waals surface area contributed by atoms with Crippen molar-refractivity contribution in [3.05, 3.63) is 12.2 Å². The number of hydrogen-bond acceptors (Lipinski definition) is 2. The van der Waals surface area contributed by atoms with Gasteiger partial charge in [-0.15, -0.1) is 0 Å². The molecule has 4 N–H and O–H groups in total. The molecular weight excluding hydrogens is 100 g/mol. The van der Waals surface area contributed by atoms with E-state index >= 15 is 0 Å². The first kappa shape index (κ1) is 7.66. The summed E-state index contributed by atoms with van der Waals surface area (Å²) in [4.78, 5) is 0. The normalized spacial score (nSPS) is 13.0. The van der Waals surface area contributed by atoms with Gasteiger partial charge in [-0.2, -0.15) is 0 Å². The van der Waals surface area contributed by atoms with E-state index < -0.39 is 5.66 Å². The second kappa shape index (κ2) is 2.84. The van der Waals surface area contributed by atoms with Crippen molar-refractivity contribution < 1.29 is 0 Å². The molecule has 0 aliphatic rings. The van der Waals surface area contributed by atoms with E-state index in [-0.39, 0.29) is 0 Å². The van der Waals surface area contributed by atoms with Gasteiger partial charge in [0, 0.05) is 0 Å². The molecule has 2 nitrogen and oxygen atoms in total. The van der Waals surface area contributed by atoms with Crippen molar-refractivity contribution in [2.75, 3.05) is 0 Å². The standard InChI is InChI=1S/C6H14N2/c1-3-4-5-6(2,7)8/h4-5H,3,7-8H2,1-2H3/b5-4+. The summed E-state index contributed by atoms with van der Waals surface area (Å²) in [6.45, 7) is 3.81. The largest absolute Gasteiger partial charge is 0.310 e. The Morgan fingerprint density at radius 2 is 2.00 bits per heavy atom. The monoisotopic (exact) mass is 114 g/mol. The fraction of sp³-hybridized carbons (Fsp3) is 0.667. The van der Waals surface area contributed by atoms with Crippen LogP contribution in [0.2, 0.25) is 0 Å². The van der Waals surface area contributed by atoms with Crippen molar-refractivity contribution in [2.45, 2.75) is 25.9 Å². The lowest BCUT2D eigenvalue weighted by Crippen LogP contribution is -2.43. The Morgan fingerprint density at radius 3 is 2.12 bits per heavy atom. The van der Waals surface area contributed by atoms with Crippen LogP contribution < -0.4 is 11.5 Å². The predicted octanol–water partition coefficient (Wildman–Crippen LogP) is 0.586. The van der Waals surface area contributed by atoms with Crippen LogP contribution in [0.5, 0.6) is 0 Å². The van der Waals surface area contributed by atoms with Crippen molar-refractivity contribution in [3.63, 3.8) is 0 Å². The first-order valence-corrected chi connectivity index (χ1v) is 2.81. The minimum atomic E-state index is -0.629.